The van der Waals surface area contributed by atoms with Crippen LogP contribution in [0.1, 0.15) is 31.0 Å². The van der Waals surface area contributed by atoms with Crippen LogP contribution in [0, 0.1) is 0 Å². The van der Waals surface area contributed by atoms with Gasteiger partial charge in [-0.05, 0) is 13.3 Å². The van der Waals surface area contributed by atoms with E-state index in [1.165, 1.54) is 6.92 Å². The second-order valence-electron chi connectivity index (χ2n) is 3.49. The van der Waals surface area contributed by atoms with E-state index in [1.807, 2.05) is 0 Å². The molecule has 0 amide bonds. The molecule has 2 rings (SSSR count). The van der Waals surface area contributed by atoms with E-state index in [0.717, 1.165) is 13.0 Å². The molecule has 1 fully saturated rings. The third kappa shape index (κ3) is 1.98. The predicted octanol–water partition coefficient (Wildman–Crippen LogP) is 0.705. The van der Waals surface area contributed by atoms with Crippen molar-refractivity contribution in [2.75, 3.05) is 13.2 Å². The molecule has 0 spiro atoms. The number of carbonyl (C=O) groups is 1. The van der Waals surface area contributed by atoms with Crippen molar-refractivity contribution in [3.63, 3.8) is 0 Å². The van der Waals surface area contributed by atoms with Crippen molar-refractivity contribution in [2.45, 2.75) is 25.7 Å². The Bertz CT molecular complexity index is 329. The predicted molar refractivity (Wildman–Crippen MR) is 46.9 cm³/mol. The van der Waals surface area contributed by atoms with Crippen LogP contribution in [0.2, 0.25) is 0 Å². The van der Waals surface area contributed by atoms with Crippen LogP contribution < -0.4 is 0 Å². The van der Waals surface area contributed by atoms with Gasteiger partial charge < -0.3 is 9.26 Å². The minimum Gasteiger partial charge on any atom is -0.381 e. The molecular formula is C9H12N2O3. The zero-order valence-electron chi connectivity index (χ0n) is 8.02. The zero-order chi connectivity index (χ0) is 9.97. The molecule has 5 heteroatoms. The molecule has 1 aromatic rings. The van der Waals surface area contributed by atoms with Gasteiger partial charge in [-0.25, -0.2) is 0 Å². The molecule has 1 saturated heterocycles. The van der Waals surface area contributed by atoms with Crippen LogP contribution in [0.25, 0.3) is 0 Å². The first-order chi connectivity index (χ1) is 6.75. The van der Waals surface area contributed by atoms with Crippen molar-refractivity contribution >= 4 is 5.78 Å². The molecule has 0 aromatic carbocycles. The van der Waals surface area contributed by atoms with Crippen molar-refractivity contribution in [1.29, 1.82) is 0 Å². The van der Waals surface area contributed by atoms with Gasteiger partial charge in [0.25, 0.3) is 0 Å². The molecule has 1 unspecified atom stereocenters. The molecule has 5 nitrogen and oxygen atoms in total. The van der Waals surface area contributed by atoms with E-state index in [1.54, 1.807) is 0 Å². The quantitative estimate of drug-likeness (QED) is 0.712. The Kier molecular flexibility index (Phi) is 2.58. The Hall–Kier alpha value is -1.23. The van der Waals surface area contributed by atoms with Gasteiger partial charge in [-0.15, -0.1) is 0 Å². The molecule has 0 radical (unpaired) electrons. The first-order valence-electron chi connectivity index (χ1n) is 4.65. The van der Waals surface area contributed by atoms with Crippen LogP contribution >= 0.6 is 0 Å². The summed E-state index contributed by atoms with van der Waals surface area (Å²) in [6, 6.07) is 0. The molecule has 14 heavy (non-hydrogen) atoms. The molecule has 0 saturated carbocycles. The summed E-state index contributed by atoms with van der Waals surface area (Å²) in [5, 5.41) is 3.74. The number of Topliss-reactive ketones (excluding diaryl/α,β-unsaturated/α-hetero) is 1. The summed E-state index contributed by atoms with van der Waals surface area (Å²) >= 11 is 0. The summed E-state index contributed by atoms with van der Waals surface area (Å²) in [5.74, 6) is 1.32. The van der Waals surface area contributed by atoms with Crippen molar-refractivity contribution in [2.24, 2.45) is 0 Å². The van der Waals surface area contributed by atoms with Gasteiger partial charge in [-0.2, -0.15) is 4.98 Å². The van der Waals surface area contributed by atoms with Crippen molar-refractivity contribution < 1.29 is 14.1 Å². The van der Waals surface area contributed by atoms with Crippen molar-refractivity contribution in [3.05, 3.63) is 11.7 Å². The smallest absolute Gasteiger partial charge is 0.232 e. The van der Waals surface area contributed by atoms with E-state index in [0.29, 0.717) is 18.3 Å². The number of carbonyl (C=O) groups excluding carboxylic acids is 1. The molecular weight excluding hydrogens is 184 g/mol. The Balaban J connectivity index is 2.05. The lowest BCUT2D eigenvalue weighted by Crippen LogP contribution is -2.00. The lowest BCUT2D eigenvalue weighted by atomic mass is 10.1. The summed E-state index contributed by atoms with van der Waals surface area (Å²) in [5.41, 5.74) is 0. The standard InChI is InChI=1S/C9H12N2O3/c1-6(12)4-8-10-9(14-11-8)7-2-3-13-5-7/h7H,2-5H2,1H3. The molecule has 1 aliphatic rings. The third-order valence-electron chi connectivity index (χ3n) is 2.17. The Morgan fingerprint density at radius 1 is 1.64 bits per heavy atom. The van der Waals surface area contributed by atoms with Crippen LogP contribution in [0.5, 0.6) is 0 Å². The molecule has 1 atom stereocenters. The van der Waals surface area contributed by atoms with Gasteiger partial charge in [0.2, 0.25) is 5.89 Å². The van der Waals surface area contributed by atoms with Gasteiger partial charge in [0, 0.05) is 6.61 Å². The molecule has 0 N–H and O–H groups in total. The first kappa shape index (κ1) is 9.33. The number of rotatable bonds is 3. The van der Waals surface area contributed by atoms with Crippen molar-refractivity contribution in [1.82, 2.24) is 10.1 Å². The number of ketones is 1. The van der Waals surface area contributed by atoms with Gasteiger partial charge >= 0.3 is 0 Å². The maximum atomic E-state index is 10.8. The van der Waals surface area contributed by atoms with Crippen LogP contribution in [0.15, 0.2) is 4.52 Å². The summed E-state index contributed by atoms with van der Waals surface area (Å²) in [7, 11) is 0. The second kappa shape index (κ2) is 3.88. The fraction of sp³-hybridized carbons (Fsp3) is 0.667. The highest BCUT2D eigenvalue weighted by atomic mass is 16.5. The molecule has 1 aliphatic heterocycles. The minimum atomic E-state index is 0.0417. The maximum absolute atomic E-state index is 10.8. The summed E-state index contributed by atoms with van der Waals surface area (Å²) in [6.45, 7) is 2.89. The van der Waals surface area contributed by atoms with E-state index in [-0.39, 0.29) is 18.1 Å². The Morgan fingerprint density at radius 2 is 2.50 bits per heavy atom. The topological polar surface area (TPSA) is 65.2 Å². The van der Waals surface area contributed by atoms with Gasteiger partial charge in [0.15, 0.2) is 5.82 Å². The third-order valence-corrected chi connectivity index (χ3v) is 2.17. The lowest BCUT2D eigenvalue weighted by molar-refractivity contribution is -0.116. The molecule has 76 valence electrons. The second-order valence-corrected chi connectivity index (χ2v) is 3.49. The number of ether oxygens (including phenoxy) is 1. The molecule has 1 aromatic heterocycles. The van der Waals surface area contributed by atoms with E-state index in [4.69, 9.17) is 9.26 Å². The molecule has 0 aliphatic carbocycles. The number of hydrogen-bond acceptors (Lipinski definition) is 5. The van der Waals surface area contributed by atoms with Crippen LogP contribution in [0.4, 0.5) is 0 Å². The first-order valence-corrected chi connectivity index (χ1v) is 4.65. The highest BCUT2D eigenvalue weighted by Crippen LogP contribution is 2.23. The SMILES string of the molecule is CC(=O)Cc1noc(C2CCOC2)n1. The zero-order valence-corrected chi connectivity index (χ0v) is 8.02. The van der Waals surface area contributed by atoms with E-state index >= 15 is 0 Å². The van der Waals surface area contributed by atoms with Crippen LogP contribution in [-0.4, -0.2) is 29.1 Å². The summed E-state index contributed by atoms with van der Waals surface area (Å²) in [4.78, 5) is 15.0. The van der Waals surface area contributed by atoms with Gasteiger partial charge in [0.1, 0.15) is 5.78 Å². The van der Waals surface area contributed by atoms with Crippen LogP contribution in [-0.2, 0) is 16.0 Å². The number of nitrogens with zero attached hydrogens (tertiary/aromatic N) is 2. The fourth-order valence-corrected chi connectivity index (χ4v) is 1.46. The fourth-order valence-electron chi connectivity index (χ4n) is 1.46. The minimum absolute atomic E-state index is 0.0417. The van der Waals surface area contributed by atoms with Crippen molar-refractivity contribution in [3.8, 4) is 0 Å². The summed E-state index contributed by atoms with van der Waals surface area (Å²) < 4.78 is 10.3. The highest BCUT2D eigenvalue weighted by molar-refractivity contribution is 5.77. The lowest BCUT2D eigenvalue weighted by Gasteiger charge is -1.97. The largest absolute Gasteiger partial charge is 0.381 e. The summed E-state index contributed by atoms with van der Waals surface area (Å²) in [6.07, 6.45) is 1.17. The maximum Gasteiger partial charge on any atom is 0.232 e. The average molecular weight is 196 g/mol. The molecule has 0 bridgehead atoms. The van der Waals surface area contributed by atoms with Crippen LogP contribution in [0.3, 0.4) is 0 Å². The normalized spacial score (nSPS) is 21.4. The van der Waals surface area contributed by atoms with E-state index in [9.17, 15) is 4.79 Å². The molecule has 2 heterocycles. The number of aromatic nitrogens is 2. The Morgan fingerprint density at radius 3 is 3.14 bits per heavy atom. The number of hydrogen-bond donors (Lipinski definition) is 0. The monoisotopic (exact) mass is 196 g/mol. The van der Waals surface area contributed by atoms with Gasteiger partial charge in [-0.1, -0.05) is 5.16 Å². The average Bonchev–Trinajstić information content (AvgIpc) is 2.69. The highest BCUT2D eigenvalue weighted by Gasteiger charge is 2.23. The van der Waals surface area contributed by atoms with Gasteiger partial charge in [-0.3, -0.25) is 4.79 Å². The van der Waals surface area contributed by atoms with E-state index < -0.39 is 0 Å². The van der Waals surface area contributed by atoms with Gasteiger partial charge in [0.05, 0.1) is 18.9 Å². The van der Waals surface area contributed by atoms with E-state index in [2.05, 4.69) is 10.1 Å². The Labute approximate surface area is 81.4 Å².